The first-order valence-corrected chi connectivity index (χ1v) is 5.19. The molecule has 3 nitrogen and oxygen atoms in total. The highest BCUT2D eigenvalue weighted by Crippen LogP contribution is 2.42. The van der Waals surface area contributed by atoms with Crippen LogP contribution in [-0.4, -0.2) is 48.5 Å². The fourth-order valence-electron chi connectivity index (χ4n) is 3.07. The second-order valence-electron chi connectivity index (χ2n) is 4.33. The molecule has 0 aromatic carbocycles. The summed E-state index contributed by atoms with van der Waals surface area (Å²) in [5, 5.41) is 9.21. The zero-order chi connectivity index (χ0) is 9.31. The lowest BCUT2D eigenvalue weighted by Gasteiger charge is -2.33. The molecule has 13 heavy (non-hydrogen) atoms. The minimum Gasteiger partial charge on any atom is -0.395 e. The van der Waals surface area contributed by atoms with Crippen LogP contribution in [0.3, 0.4) is 0 Å². The summed E-state index contributed by atoms with van der Waals surface area (Å²) in [6.45, 7) is 2.30. The van der Waals surface area contributed by atoms with Gasteiger partial charge < -0.3 is 9.84 Å². The second-order valence-corrected chi connectivity index (χ2v) is 4.33. The maximum Gasteiger partial charge on any atom is 0.0646 e. The van der Waals surface area contributed by atoms with Gasteiger partial charge in [-0.05, 0) is 32.2 Å². The molecule has 0 saturated carbocycles. The number of hydrogen-bond donors (Lipinski definition) is 1. The van der Waals surface area contributed by atoms with E-state index in [-0.39, 0.29) is 5.54 Å². The highest BCUT2D eigenvalue weighted by Gasteiger charge is 2.48. The van der Waals surface area contributed by atoms with Crippen molar-refractivity contribution in [1.82, 2.24) is 4.90 Å². The Morgan fingerprint density at radius 1 is 1.54 bits per heavy atom. The van der Waals surface area contributed by atoms with Gasteiger partial charge in [0.25, 0.3) is 0 Å². The molecule has 0 amide bonds. The van der Waals surface area contributed by atoms with Gasteiger partial charge in [0.05, 0.1) is 13.2 Å². The molecule has 0 aromatic rings. The number of nitrogens with zero attached hydrogens (tertiary/aromatic N) is 1. The first kappa shape index (κ1) is 9.44. The number of aliphatic hydroxyl groups is 1. The van der Waals surface area contributed by atoms with E-state index in [2.05, 4.69) is 4.90 Å². The summed E-state index contributed by atoms with van der Waals surface area (Å²) in [5.74, 6) is 0. The van der Waals surface area contributed by atoms with Crippen molar-refractivity contribution >= 4 is 0 Å². The highest BCUT2D eigenvalue weighted by atomic mass is 16.5. The average Bonchev–Trinajstić information content (AvgIpc) is 2.62. The first-order valence-electron chi connectivity index (χ1n) is 5.19. The van der Waals surface area contributed by atoms with E-state index >= 15 is 0 Å². The molecule has 0 radical (unpaired) electrons. The molecular formula is C10H19NO2. The molecule has 0 aliphatic carbocycles. The summed E-state index contributed by atoms with van der Waals surface area (Å²) in [5.41, 5.74) is 0.280. The molecule has 2 fully saturated rings. The predicted molar refractivity (Wildman–Crippen MR) is 50.7 cm³/mol. The standard InChI is InChI=1S/C10H19NO2/c1-13-8-10-4-2-6-11(10)9(7-12)3-5-10/h9,12H,2-8H2,1H3/t9-,10?/m1/s1. The lowest BCUT2D eigenvalue weighted by atomic mass is 9.95. The number of ether oxygens (including phenoxy) is 1. The molecule has 2 aliphatic rings. The molecule has 0 bridgehead atoms. The first-order chi connectivity index (χ1) is 6.32. The van der Waals surface area contributed by atoms with Gasteiger partial charge in [-0.15, -0.1) is 0 Å². The van der Waals surface area contributed by atoms with Crippen LogP contribution in [0.2, 0.25) is 0 Å². The number of aliphatic hydroxyl groups excluding tert-OH is 1. The van der Waals surface area contributed by atoms with Crippen LogP contribution in [0.1, 0.15) is 25.7 Å². The molecule has 3 heteroatoms. The molecule has 76 valence electrons. The van der Waals surface area contributed by atoms with Crippen LogP contribution in [0.15, 0.2) is 0 Å². The van der Waals surface area contributed by atoms with Gasteiger partial charge in [-0.1, -0.05) is 0 Å². The summed E-state index contributed by atoms with van der Waals surface area (Å²) in [6, 6.07) is 0.401. The van der Waals surface area contributed by atoms with Crippen molar-refractivity contribution in [1.29, 1.82) is 0 Å². The van der Waals surface area contributed by atoms with Crippen LogP contribution in [0.25, 0.3) is 0 Å². The Morgan fingerprint density at radius 2 is 2.38 bits per heavy atom. The Hall–Kier alpha value is -0.120. The van der Waals surface area contributed by atoms with Crippen LogP contribution in [-0.2, 0) is 4.74 Å². The van der Waals surface area contributed by atoms with Crippen molar-refractivity contribution in [2.45, 2.75) is 37.3 Å². The van der Waals surface area contributed by atoms with Gasteiger partial charge in [-0.3, -0.25) is 4.90 Å². The van der Waals surface area contributed by atoms with E-state index in [1.807, 2.05) is 0 Å². The number of rotatable bonds is 3. The van der Waals surface area contributed by atoms with E-state index in [9.17, 15) is 5.11 Å². The molecule has 1 unspecified atom stereocenters. The predicted octanol–water partition coefficient (Wildman–Crippen LogP) is 0.622. The van der Waals surface area contributed by atoms with Gasteiger partial charge in [0.2, 0.25) is 0 Å². The smallest absolute Gasteiger partial charge is 0.0646 e. The van der Waals surface area contributed by atoms with E-state index in [0.29, 0.717) is 12.6 Å². The fourth-order valence-corrected chi connectivity index (χ4v) is 3.07. The van der Waals surface area contributed by atoms with Crippen molar-refractivity contribution in [3.8, 4) is 0 Å². The van der Waals surface area contributed by atoms with Crippen molar-refractivity contribution in [3.05, 3.63) is 0 Å². The molecule has 0 spiro atoms. The number of fused-ring (bicyclic) bond motifs is 1. The van der Waals surface area contributed by atoms with Gasteiger partial charge in [-0.25, -0.2) is 0 Å². The van der Waals surface area contributed by atoms with E-state index in [0.717, 1.165) is 19.6 Å². The average molecular weight is 185 g/mol. The minimum absolute atomic E-state index is 0.280. The van der Waals surface area contributed by atoms with Crippen LogP contribution >= 0.6 is 0 Å². The zero-order valence-electron chi connectivity index (χ0n) is 8.33. The third-order valence-electron chi connectivity index (χ3n) is 3.66. The van der Waals surface area contributed by atoms with Crippen LogP contribution in [0.4, 0.5) is 0 Å². The fraction of sp³-hybridized carbons (Fsp3) is 1.00. The van der Waals surface area contributed by atoms with E-state index in [4.69, 9.17) is 4.74 Å². The van der Waals surface area contributed by atoms with Gasteiger partial charge in [0.1, 0.15) is 0 Å². The van der Waals surface area contributed by atoms with Gasteiger partial charge in [0, 0.05) is 18.7 Å². The van der Waals surface area contributed by atoms with E-state index in [1.165, 1.54) is 19.3 Å². The number of hydrogen-bond acceptors (Lipinski definition) is 3. The van der Waals surface area contributed by atoms with Crippen molar-refractivity contribution in [2.24, 2.45) is 0 Å². The van der Waals surface area contributed by atoms with Crippen molar-refractivity contribution in [3.63, 3.8) is 0 Å². The maximum absolute atomic E-state index is 9.21. The molecule has 2 saturated heterocycles. The lowest BCUT2D eigenvalue weighted by Crippen LogP contribution is -2.46. The van der Waals surface area contributed by atoms with E-state index < -0.39 is 0 Å². The van der Waals surface area contributed by atoms with E-state index in [1.54, 1.807) is 7.11 Å². The summed E-state index contributed by atoms with van der Waals surface area (Å²) in [7, 11) is 1.78. The van der Waals surface area contributed by atoms with Crippen LogP contribution in [0.5, 0.6) is 0 Å². The molecule has 1 N–H and O–H groups in total. The third-order valence-corrected chi connectivity index (χ3v) is 3.66. The van der Waals surface area contributed by atoms with Crippen LogP contribution < -0.4 is 0 Å². The summed E-state index contributed by atoms with van der Waals surface area (Å²) in [6.07, 6.45) is 4.85. The Kier molecular flexibility index (Phi) is 2.58. The van der Waals surface area contributed by atoms with Gasteiger partial charge in [-0.2, -0.15) is 0 Å². The second kappa shape index (κ2) is 3.56. The van der Waals surface area contributed by atoms with Crippen LogP contribution in [0, 0.1) is 0 Å². The monoisotopic (exact) mass is 185 g/mol. The minimum atomic E-state index is 0.280. The Labute approximate surface area is 79.7 Å². The summed E-state index contributed by atoms with van der Waals surface area (Å²) >= 11 is 0. The molecule has 2 rings (SSSR count). The van der Waals surface area contributed by atoms with Gasteiger partial charge in [0.15, 0.2) is 0 Å². The lowest BCUT2D eigenvalue weighted by molar-refractivity contribution is 0.0374. The molecule has 0 aromatic heterocycles. The molecule has 2 atom stereocenters. The van der Waals surface area contributed by atoms with Crippen molar-refractivity contribution in [2.75, 3.05) is 26.9 Å². The highest BCUT2D eigenvalue weighted by molar-refractivity contribution is 5.04. The molecular weight excluding hydrogens is 166 g/mol. The van der Waals surface area contributed by atoms with Gasteiger partial charge >= 0.3 is 0 Å². The zero-order valence-corrected chi connectivity index (χ0v) is 8.33. The Bertz CT molecular complexity index is 186. The Balaban J connectivity index is 2.09. The largest absolute Gasteiger partial charge is 0.395 e. The maximum atomic E-state index is 9.21. The summed E-state index contributed by atoms with van der Waals surface area (Å²) < 4.78 is 5.30. The molecule has 2 aliphatic heterocycles. The third kappa shape index (κ3) is 1.39. The topological polar surface area (TPSA) is 32.7 Å². The quantitative estimate of drug-likeness (QED) is 0.699. The number of methoxy groups -OCH3 is 1. The molecule has 2 heterocycles. The summed E-state index contributed by atoms with van der Waals surface area (Å²) in [4.78, 5) is 2.47. The SMILES string of the molecule is COCC12CCCN1[C@@H](CO)CC2. The van der Waals surface area contributed by atoms with Crippen molar-refractivity contribution < 1.29 is 9.84 Å². The Morgan fingerprint density at radius 3 is 3.08 bits per heavy atom. The normalized spacial score (nSPS) is 39.7.